The van der Waals surface area contributed by atoms with Gasteiger partial charge >= 0.3 is 0 Å². The van der Waals surface area contributed by atoms with E-state index in [1.807, 2.05) is 0 Å². The van der Waals surface area contributed by atoms with Crippen LogP contribution in [0, 0.1) is 4.77 Å². The van der Waals surface area contributed by atoms with Crippen LogP contribution in [0.4, 0.5) is 11.4 Å². The molecule has 0 spiro atoms. The smallest absolute Gasteiger partial charge is 0.264 e. The number of aromatic nitrogens is 2. The number of hydrogen-bond acceptors (Lipinski definition) is 5. The number of H-pyrrole nitrogens is 2. The molecule has 2 aromatic rings. The minimum atomic E-state index is -0.533. The third kappa shape index (κ3) is 3.86. The van der Waals surface area contributed by atoms with Crippen molar-refractivity contribution in [3.8, 4) is 5.88 Å². The Hall–Kier alpha value is -2.74. The zero-order chi connectivity index (χ0) is 15.4. The van der Waals surface area contributed by atoms with Crippen molar-refractivity contribution in [1.82, 2.24) is 9.97 Å². The quantitative estimate of drug-likeness (QED) is 0.512. The van der Waals surface area contributed by atoms with Crippen molar-refractivity contribution in [3.63, 3.8) is 0 Å². The first-order valence-corrected chi connectivity index (χ1v) is 6.34. The normalized spacial score (nSPS) is 10.7. The molecule has 0 atom stereocenters. The highest BCUT2D eigenvalue weighted by Gasteiger charge is 2.04. The van der Waals surface area contributed by atoms with Crippen LogP contribution in [0.15, 0.2) is 34.1 Å². The molecular formula is C13H12N4O3S. The number of benzene rings is 1. The predicted octanol–water partition coefficient (Wildman–Crippen LogP) is 1.85. The summed E-state index contributed by atoms with van der Waals surface area (Å²) in [5.74, 6) is -0.510. The van der Waals surface area contributed by atoms with Gasteiger partial charge in [-0.15, -0.1) is 0 Å². The molecule has 108 valence electrons. The van der Waals surface area contributed by atoms with E-state index >= 15 is 0 Å². The molecule has 8 heteroatoms. The van der Waals surface area contributed by atoms with Crippen LogP contribution in [0.3, 0.4) is 0 Å². The Labute approximate surface area is 124 Å². The summed E-state index contributed by atoms with van der Waals surface area (Å²) in [6.45, 7) is 1.42. The number of aromatic amines is 2. The van der Waals surface area contributed by atoms with Gasteiger partial charge in [-0.2, -0.15) is 0 Å². The van der Waals surface area contributed by atoms with E-state index in [0.717, 1.165) is 0 Å². The highest BCUT2D eigenvalue weighted by Crippen LogP contribution is 2.16. The van der Waals surface area contributed by atoms with Crippen LogP contribution >= 0.6 is 12.2 Å². The molecule has 1 aromatic heterocycles. The molecular weight excluding hydrogens is 292 g/mol. The van der Waals surface area contributed by atoms with Crippen LogP contribution in [0.25, 0.3) is 0 Å². The Morgan fingerprint density at radius 3 is 2.57 bits per heavy atom. The number of nitrogens with zero attached hydrogens (tertiary/aromatic N) is 1. The Balaban J connectivity index is 2.24. The molecule has 0 aliphatic heterocycles. The number of amides is 1. The summed E-state index contributed by atoms with van der Waals surface area (Å²) in [4.78, 5) is 31.4. The van der Waals surface area contributed by atoms with E-state index < -0.39 is 5.56 Å². The number of carbonyl (C=O) groups excluding carboxylic acids is 1. The van der Waals surface area contributed by atoms with Gasteiger partial charge in [0, 0.05) is 18.8 Å². The highest BCUT2D eigenvalue weighted by atomic mass is 32.1. The maximum Gasteiger partial charge on any atom is 0.264 e. The Morgan fingerprint density at radius 2 is 2.00 bits per heavy atom. The number of carbonyl (C=O) groups is 1. The van der Waals surface area contributed by atoms with Crippen molar-refractivity contribution in [3.05, 3.63) is 45.0 Å². The van der Waals surface area contributed by atoms with Gasteiger partial charge in [-0.1, -0.05) is 0 Å². The second kappa shape index (κ2) is 6.14. The zero-order valence-corrected chi connectivity index (χ0v) is 11.8. The molecule has 0 radical (unpaired) electrons. The molecule has 21 heavy (non-hydrogen) atoms. The molecule has 0 unspecified atom stereocenters. The largest absolute Gasteiger partial charge is 0.494 e. The standard InChI is InChI=1S/C13H12N4O3S/c1-7(18)15-9-4-2-8(3-5-9)14-6-10-11(19)16-13(21)17-12(10)20/h2-6H,1H3,(H,15,18)(H3,16,17,19,20,21). The fourth-order valence-electron chi connectivity index (χ4n) is 1.58. The Morgan fingerprint density at radius 1 is 1.33 bits per heavy atom. The van der Waals surface area contributed by atoms with E-state index in [1.54, 1.807) is 24.3 Å². The van der Waals surface area contributed by atoms with E-state index in [-0.39, 0.29) is 22.1 Å². The lowest BCUT2D eigenvalue weighted by atomic mass is 10.3. The van der Waals surface area contributed by atoms with Crippen molar-refractivity contribution in [1.29, 1.82) is 0 Å². The summed E-state index contributed by atoms with van der Waals surface area (Å²) in [6.07, 6.45) is 1.23. The average Bonchev–Trinajstić information content (AvgIpc) is 2.38. The number of hydrogen-bond donors (Lipinski definition) is 4. The first-order valence-electron chi connectivity index (χ1n) is 5.93. The molecule has 0 fully saturated rings. The van der Waals surface area contributed by atoms with Crippen molar-refractivity contribution >= 4 is 35.7 Å². The Kier molecular flexibility index (Phi) is 4.29. The number of anilines is 1. The summed E-state index contributed by atoms with van der Waals surface area (Å²) in [5, 5.41) is 12.2. The third-order valence-electron chi connectivity index (χ3n) is 2.49. The number of aliphatic imine (C=N–C) groups is 1. The molecule has 0 bridgehead atoms. The van der Waals surface area contributed by atoms with Gasteiger partial charge in [-0.05, 0) is 36.5 Å². The summed E-state index contributed by atoms with van der Waals surface area (Å²) < 4.78 is 0.0364. The summed E-state index contributed by atoms with van der Waals surface area (Å²) in [7, 11) is 0. The minimum absolute atomic E-state index is 0.0189. The predicted molar refractivity (Wildman–Crippen MR) is 81.9 cm³/mol. The van der Waals surface area contributed by atoms with Gasteiger partial charge in [0.1, 0.15) is 5.56 Å². The summed E-state index contributed by atoms with van der Waals surface area (Å²) in [5.41, 5.74) is 0.653. The number of aromatic hydroxyl groups is 1. The van der Waals surface area contributed by atoms with E-state index in [1.165, 1.54) is 13.1 Å². The van der Waals surface area contributed by atoms with Crippen LogP contribution in [0.2, 0.25) is 0 Å². The van der Waals surface area contributed by atoms with E-state index in [4.69, 9.17) is 12.2 Å². The van der Waals surface area contributed by atoms with Crippen molar-refractivity contribution in [2.75, 3.05) is 5.32 Å². The van der Waals surface area contributed by atoms with Gasteiger partial charge in [0.05, 0.1) is 5.69 Å². The minimum Gasteiger partial charge on any atom is -0.494 e. The maximum atomic E-state index is 11.6. The van der Waals surface area contributed by atoms with Gasteiger partial charge in [-0.3, -0.25) is 19.6 Å². The SMILES string of the molecule is CC(=O)Nc1ccc(N=Cc2c(O)[nH]c(=S)[nH]c2=O)cc1. The highest BCUT2D eigenvalue weighted by molar-refractivity contribution is 7.71. The van der Waals surface area contributed by atoms with Crippen LogP contribution in [-0.2, 0) is 4.79 Å². The van der Waals surface area contributed by atoms with Crippen LogP contribution in [-0.4, -0.2) is 27.2 Å². The molecule has 4 N–H and O–H groups in total. The number of rotatable bonds is 3. The molecule has 0 aliphatic rings. The number of nitrogens with one attached hydrogen (secondary N) is 3. The molecule has 1 aromatic carbocycles. The lowest BCUT2D eigenvalue weighted by molar-refractivity contribution is -0.114. The Bertz CT molecular complexity index is 805. The van der Waals surface area contributed by atoms with Crippen LogP contribution in [0.1, 0.15) is 12.5 Å². The molecule has 2 rings (SSSR count). The maximum absolute atomic E-state index is 11.6. The van der Waals surface area contributed by atoms with Gasteiger partial charge in [0.2, 0.25) is 11.8 Å². The lowest BCUT2D eigenvalue weighted by Gasteiger charge is -2.01. The monoisotopic (exact) mass is 304 g/mol. The van der Waals surface area contributed by atoms with Crippen LogP contribution < -0.4 is 10.9 Å². The van der Waals surface area contributed by atoms with E-state index in [2.05, 4.69) is 20.3 Å². The third-order valence-corrected chi connectivity index (χ3v) is 2.69. The molecule has 0 saturated carbocycles. The summed E-state index contributed by atoms with van der Waals surface area (Å²) >= 11 is 4.72. The first kappa shape index (κ1) is 14.7. The van der Waals surface area contributed by atoms with Gasteiger partial charge < -0.3 is 15.4 Å². The second-order valence-corrected chi connectivity index (χ2v) is 4.57. The molecule has 7 nitrogen and oxygen atoms in total. The van der Waals surface area contributed by atoms with Crippen molar-refractivity contribution in [2.45, 2.75) is 6.92 Å². The molecule has 1 heterocycles. The average molecular weight is 304 g/mol. The topological polar surface area (TPSA) is 110 Å². The van der Waals surface area contributed by atoms with Gasteiger partial charge in [0.15, 0.2) is 4.77 Å². The molecule has 1 amide bonds. The first-order chi connectivity index (χ1) is 9.95. The van der Waals surface area contributed by atoms with Crippen LogP contribution in [0.5, 0.6) is 5.88 Å². The summed E-state index contributed by atoms with van der Waals surface area (Å²) in [6, 6.07) is 6.68. The molecule has 0 aliphatic carbocycles. The van der Waals surface area contributed by atoms with E-state index in [0.29, 0.717) is 11.4 Å². The fourth-order valence-corrected chi connectivity index (χ4v) is 1.77. The van der Waals surface area contributed by atoms with Gasteiger partial charge in [-0.25, -0.2) is 0 Å². The molecule has 0 saturated heterocycles. The van der Waals surface area contributed by atoms with E-state index in [9.17, 15) is 14.7 Å². The van der Waals surface area contributed by atoms with Gasteiger partial charge in [0.25, 0.3) is 5.56 Å². The van der Waals surface area contributed by atoms with Crippen molar-refractivity contribution < 1.29 is 9.90 Å². The second-order valence-electron chi connectivity index (χ2n) is 4.16. The zero-order valence-electron chi connectivity index (χ0n) is 11.0. The lowest BCUT2D eigenvalue weighted by Crippen LogP contribution is -2.13. The fraction of sp³-hybridized carbons (Fsp3) is 0.0769. The van der Waals surface area contributed by atoms with Crippen molar-refractivity contribution in [2.24, 2.45) is 4.99 Å².